The molecule has 1 saturated heterocycles. The molecule has 7 nitrogen and oxygen atoms in total. The molecule has 3 aromatic heterocycles. The van der Waals surface area contributed by atoms with Crippen molar-refractivity contribution >= 4 is 17.3 Å². The molecule has 0 unspecified atom stereocenters. The maximum Gasteiger partial charge on any atom is 0.247 e. The van der Waals surface area contributed by atoms with Gasteiger partial charge < -0.3 is 15.2 Å². The molecule has 0 aromatic carbocycles. The summed E-state index contributed by atoms with van der Waals surface area (Å²) >= 11 is 0. The van der Waals surface area contributed by atoms with Crippen molar-refractivity contribution in [1.82, 2.24) is 19.6 Å². The Labute approximate surface area is 152 Å². The molecule has 3 aromatic rings. The molecular weight excluding hydrogens is 328 g/mol. The minimum Gasteiger partial charge on any atom is -0.366 e. The van der Waals surface area contributed by atoms with E-state index in [9.17, 15) is 4.79 Å². The lowest BCUT2D eigenvalue weighted by Gasteiger charge is -2.28. The van der Waals surface area contributed by atoms with Crippen LogP contribution in [0.5, 0.6) is 0 Å². The molecule has 26 heavy (non-hydrogen) atoms. The summed E-state index contributed by atoms with van der Waals surface area (Å²) in [5.74, 6) is 1.93. The third-order valence-corrected chi connectivity index (χ3v) is 4.91. The van der Waals surface area contributed by atoms with Crippen LogP contribution in [0.1, 0.15) is 37.3 Å². The van der Waals surface area contributed by atoms with Gasteiger partial charge in [0, 0.05) is 43.5 Å². The average molecular weight is 352 g/mol. The first kappa shape index (κ1) is 16.6. The first-order valence-electron chi connectivity index (χ1n) is 9.28. The van der Waals surface area contributed by atoms with Crippen LogP contribution in [0.2, 0.25) is 0 Å². The molecule has 0 aliphatic carbocycles. The molecular formula is C19H24N6O. The maximum atomic E-state index is 11.2. The number of aryl methyl sites for hydroxylation is 1. The summed E-state index contributed by atoms with van der Waals surface area (Å²) in [7, 11) is 0. The number of aromatic nitrogens is 4. The highest BCUT2D eigenvalue weighted by Crippen LogP contribution is 2.24. The van der Waals surface area contributed by atoms with Crippen LogP contribution in [-0.2, 0) is 13.0 Å². The second-order valence-electron chi connectivity index (χ2n) is 6.72. The molecule has 4 rings (SSSR count). The third kappa shape index (κ3) is 3.29. The van der Waals surface area contributed by atoms with Crippen molar-refractivity contribution in [2.24, 2.45) is 0 Å². The van der Waals surface area contributed by atoms with E-state index in [-0.39, 0.29) is 5.56 Å². The van der Waals surface area contributed by atoms with Crippen molar-refractivity contribution in [1.29, 1.82) is 0 Å². The lowest BCUT2D eigenvalue weighted by molar-refractivity contribution is 0.573. The largest absolute Gasteiger partial charge is 0.366 e. The zero-order valence-corrected chi connectivity index (χ0v) is 15.0. The maximum absolute atomic E-state index is 11.2. The Bertz CT molecular complexity index is 934. The summed E-state index contributed by atoms with van der Waals surface area (Å²) in [6.45, 7) is 4.84. The van der Waals surface area contributed by atoms with Gasteiger partial charge >= 0.3 is 0 Å². The van der Waals surface area contributed by atoms with Gasteiger partial charge in [-0.1, -0.05) is 13.0 Å². The lowest BCUT2D eigenvalue weighted by Crippen LogP contribution is -2.30. The predicted octanol–water partition coefficient (Wildman–Crippen LogP) is 2.58. The fraction of sp³-hybridized carbons (Fsp3) is 0.421. The summed E-state index contributed by atoms with van der Waals surface area (Å²) < 4.78 is 1.87. The van der Waals surface area contributed by atoms with Gasteiger partial charge in [-0.15, -0.1) is 0 Å². The Morgan fingerprint density at radius 1 is 1.23 bits per heavy atom. The fourth-order valence-corrected chi connectivity index (χ4v) is 3.40. The third-order valence-electron chi connectivity index (χ3n) is 4.91. The molecule has 0 atom stereocenters. The number of aromatic amines is 1. The molecule has 4 heterocycles. The molecule has 1 aliphatic heterocycles. The number of H-pyrrole nitrogens is 1. The average Bonchev–Trinajstić information content (AvgIpc) is 3.11. The summed E-state index contributed by atoms with van der Waals surface area (Å²) in [5.41, 5.74) is 2.99. The number of piperidine rings is 1. The minimum absolute atomic E-state index is 0.0906. The van der Waals surface area contributed by atoms with Crippen molar-refractivity contribution in [2.75, 3.05) is 23.3 Å². The van der Waals surface area contributed by atoms with E-state index in [4.69, 9.17) is 4.98 Å². The second-order valence-corrected chi connectivity index (χ2v) is 6.72. The van der Waals surface area contributed by atoms with Crippen molar-refractivity contribution in [3.05, 3.63) is 52.1 Å². The monoisotopic (exact) mass is 352 g/mol. The van der Waals surface area contributed by atoms with Crippen LogP contribution in [0.25, 0.3) is 5.65 Å². The van der Waals surface area contributed by atoms with E-state index in [1.54, 1.807) is 12.3 Å². The van der Waals surface area contributed by atoms with Gasteiger partial charge in [0.1, 0.15) is 11.6 Å². The number of anilines is 2. The van der Waals surface area contributed by atoms with E-state index >= 15 is 0 Å². The standard InChI is InChI=1S/C19H24N6O/c1-2-15-13-22-25-16(20-11-14-6-7-18(26)21-12-14)10-17(23-19(15)25)24-8-4-3-5-9-24/h6-7,10,12-13,20H,2-5,8-9,11H2,1H3,(H,21,26). The molecule has 0 spiro atoms. The van der Waals surface area contributed by atoms with Crippen LogP contribution >= 0.6 is 0 Å². The molecule has 2 N–H and O–H groups in total. The molecule has 0 saturated carbocycles. The SMILES string of the molecule is CCc1cnn2c(NCc3ccc(=O)[nH]c3)cc(N3CCCCC3)nc12. The number of hydrogen-bond acceptors (Lipinski definition) is 5. The molecule has 136 valence electrons. The molecule has 0 bridgehead atoms. The van der Waals surface area contributed by atoms with E-state index in [0.717, 1.165) is 47.9 Å². The van der Waals surface area contributed by atoms with Gasteiger partial charge in [-0.3, -0.25) is 4.79 Å². The Morgan fingerprint density at radius 2 is 2.08 bits per heavy atom. The summed E-state index contributed by atoms with van der Waals surface area (Å²) in [6.07, 6.45) is 8.26. The van der Waals surface area contributed by atoms with Crippen LogP contribution in [0.15, 0.2) is 35.4 Å². The Balaban J connectivity index is 1.67. The zero-order valence-electron chi connectivity index (χ0n) is 15.0. The van der Waals surface area contributed by atoms with Gasteiger partial charge in [0.25, 0.3) is 0 Å². The molecule has 0 amide bonds. The van der Waals surface area contributed by atoms with Crippen LogP contribution in [0, 0.1) is 0 Å². The number of rotatable bonds is 5. The van der Waals surface area contributed by atoms with E-state index in [0.29, 0.717) is 6.54 Å². The van der Waals surface area contributed by atoms with Gasteiger partial charge in [-0.2, -0.15) is 9.61 Å². The Kier molecular flexibility index (Phi) is 4.60. The van der Waals surface area contributed by atoms with Crippen LogP contribution in [0.3, 0.4) is 0 Å². The van der Waals surface area contributed by atoms with E-state index < -0.39 is 0 Å². The van der Waals surface area contributed by atoms with Gasteiger partial charge in [0.15, 0.2) is 5.65 Å². The number of nitrogens with one attached hydrogen (secondary N) is 2. The summed E-state index contributed by atoms with van der Waals surface area (Å²) in [6, 6.07) is 5.45. The van der Waals surface area contributed by atoms with E-state index in [2.05, 4.69) is 33.3 Å². The van der Waals surface area contributed by atoms with Crippen LogP contribution in [0.4, 0.5) is 11.6 Å². The highest BCUT2D eigenvalue weighted by atomic mass is 16.1. The number of hydrogen-bond donors (Lipinski definition) is 2. The van der Waals surface area contributed by atoms with Crippen molar-refractivity contribution in [3.8, 4) is 0 Å². The van der Waals surface area contributed by atoms with Gasteiger partial charge in [-0.25, -0.2) is 4.98 Å². The number of pyridine rings is 1. The predicted molar refractivity (Wildman–Crippen MR) is 103 cm³/mol. The Hall–Kier alpha value is -2.83. The second kappa shape index (κ2) is 7.19. The Morgan fingerprint density at radius 3 is 2.81 bits per heavy atom. The normalized spacial score (nSPS) is 14.7. The van der Waals surface area contributed by atoms with Crippen molar-refractivity contribution in [3.63, 3.8) is 0 Å². The van der Waals surface area contributed by atoms with Crippen molar-refractivity contribution in [2.45, 2.75) is 39.2 Å². The molecule has 1 fully saturated rings. The van der Waals surface area contributed by atoms with Gasteiger partial charge in [0.2, 0.25) is 5.56 Å². The first-order valence-corrected chi connectivity index (χ1v) is 9.28. The van der Waals surface area contributed by atoms with E-state index in [1.807, 2.05) is 16.8 Å². The highest BCUT2D eigenvalue weighted by Gasteiger charge is 2.17. The highest BCUT2D eigenvalue weighted by molar-refractivity contribution is 5.61. The van der Waals surface area contributed by atoms with Gasteiger partial charge in [0.05, 0.1) is 6.20 Å². The van der Waals surface area contributed by atoms with Crippen molar-refractivity contribution < 1.29 is 0 Å². The quantitative estimate of drug-likeness (QED) is 0.738. The minimum atomic E-state index is -0.0906. The number of fused-ring (bicyclic) bond motifs is 1. The van der Waals surface area contributed by atoms with Gasteiger partial charge in [-0.05, 0) is 31.2 Å². The van der Waals surface area contributed by atoms with Crippen LogP contribution in [-0.4, -0.2) is 32.7 Å². The topological polar surface area (TPSA) is 78.3 Å². The summed E-state index contributed by atoms with van der Waals surface area (Å²) in [5, 5.41) is 7.97. The van der Waals surface area contributed by atoms with E-state index in [1.165, 1.54) is 19.3 Å². The molecule has 7 heteroatoms. The first-order chi connectivity index (χ1) is 12.7. The molecule has 0 radical (unpaired) electrons. The number of nitrogens with zero attached hydrogens (tertiary/aromatic N) is 4. The fourth-order valence-electron chi connectivity index (χ4n) is 3.40. The zero-order chi connectivity index (χ0) is 17.9. The van der Waals surface area contributed by atoms with Crippen LogP contribution < -0.4 is 15.8 Å². The lowest BCUT2D eigenvalue weighted by atomic mass is 10.1. The molecule has 1 aliphatic rings. The summed E-state index contributed by atoms with van der Waals surface area (Å²) in [4.78, 5) is 21.2. The smallest absolute Gasteiger partial charge is 0.247 e.